The molecule has 0 aromatic carbocycles. The van der Waals surface area contributed by atoms with E-state index in [4.69, 9.17) is 9.47 Å². The van der Waals surface area contributed by atoms with Gasteiger partial charge in [0, 0.05) is 20.1 Å². The van der Waals surface area contributed by atoms with Crippen molar-refractivity contribution >= 4 is 37.7 Å². The fourth-order valence-electron chi connectivity index (χ4n) is 1.37. The van der Waals surface area contributed by atoms with E-state index in [1.54, 1.807) is 0 Å². The monoisotopic (exact) mass is 282 g/mol. The molecular weight excluding hydrogens is 268 g/mol. The average molecular weight is 282 g/mol. The number of carbonyl (C=O) groups excluding carboxylic acids is 2. The van der Waals surface area contributed by atoms with Gasteiger partial charge in [0.15, 0.2) is 0 Å². The van der Waals surface area contributed by atoms with Crippen molar-refractivity contribution in [1.82, 2.24) is 9.03 Å². The van der Waals surface area contributed by atoms with Crippen LogP contribution in [0.25, 0.3) is 0 Å². The van der Waals surface area contributed by atoms with E-state index < -0.39 is 18.1 Å². The minimum absolute atomic E-state index is 0.134. The lowest BCUT2D eigenvalue weighted by molar-refractivity contribution is -0.140. The Balaban J connectivity index is 2.32. The minimum Gasteiger partial charge on any atom is -0.374 e. The Morgan fingerprint density at radius 3 is 2.76 bits per heavy atom. The third-order valence-electron chi connectivity index (χ3n) is 2.15. The van der Waals surface area contributed by atoms with Crippen LogP contribution in [-0.2, 0) is 19.0 Å². The molecule has 0 aromatic heterocycles. The summed E-state index contributed by atoms with van der Waals surface area (Å²) in [6.07, 6.45) is -0.648. The Hall–Kier alpha value is -0.480. The summed E-state index contributed by atoms with van der Waals surface area (Å²) in [5.74, 6) is -0.674. The van der Waals surface area contributed by atoms with Crippen LogP contribution >= 0.6 is 25.6 Å². The van der Waals surface area contributed by atoms with Crippen molar-refractivity contribution in [2.24, 2.45) is 0 Å². The molecular formula is C8H14N2O5S2. The van der Waals surface area contributed by atoms with Crippen molar-refractivity contribution in [2.45, 2.75) is 18.6 Å². The second kappa shape index (κ2) is 7.07. The van der Waals surface area contributed by atoms with Crippen LogP contribution in [0, 0.1) is 0 Å². The van der Waals surface area contributed by atoms with Gasteiger partial charge in [-0.05, 0) is 25.6 Å². The van der Waals surface area contributed by atoms with Crippen LogP contribution in [-0.4, -0.2) is 48.4 Å². The zero-order chi connectivity index (χ0) is 12.8. The maximum absolute atomic E-state index is 11.5. The van der Waals surface area contributed by atoms with Gasteiger partial charge in [0.25, 0.3) is 0 Å². The first-order chi connectivity index (χ1) is 8.04. The molecule has 98 valence electrons. The van der Waals surface area contributed by atoms with Crippen molar-refractivity contribution in [3.05, 3.63) is 0 Å². The topological polar surface area (TPSA) is 77.1 Å². The summed E-state index contributed by atoms with van der Waals surface area (Å²) in [7, 11) is 1.51. The SMILES string of the molecule is COCO[C@H]1CN[C@H](C(=O)OC(=O)N(S)S)C1. The number of hydrogen-bond acceptors (Lipinski definition) is 8. The number of amides is 1. The van der Waals surface area contributed by atoms with Crippen LogP contribution < -0.4 is 5.32 Å². The van der Waals surface area contributed by atoms with Crippen LogP contribution in [0.2, 0.25) is 0 Å². The highest BCUT2D eigenvalue weighted by atomic mass is 32.2. The predicted molar refractivity (Wildman–Crippen MR) is 64.5 cm³/mol. The molecule has 0 bridgehead atoms. The number of ether oxygens (including phenoxy) is 3. The van der Waals surface area contributed by atoms with E-state index in [1.807, 2.05) is 0 Å². The molecule has 9 heteroatoms. The van der Waals surface area contributed by atoms with E-state index in [-0.39, 0.29) is 12.9 Å². The quantitative estimate of drug-likeness (QED) is 0.291. The van der Waals surface area contributed by atoms with Gasteiger partial charge in [-0.25, -0.2) is 9.59 Å². The van der Waals surface area contributed by atoms with Gasteiger partial charge in [-0.1, -0.05) is 0 Å². The van der Waals surface area contributed by atoms with E-state index in [1.165, 1.54) is 7.11 Å². The number of methoxy groups -OCH3 is 1. The van der Waals surface area contributed by atoms with Crippen LogP contribution in [0.4, 0.5) is 4.79 Å². The smallest absolute Gasteiger partial charge is 0.374 e. The second-order valence-electron chi connectivity index (χ2n) is 3.37. The molecule has 7 nitrogen and oxygen atoms in total. The van der Waals surface area contributed by atoms with Gasteiger partial charge < -0.3 is 19.5 Å². The highest BCUT2D eigenvalue weighted by Gasteiger charge is 2.32. The summed E-state index contributed by atoms with van der Waals surface area (Å²) in [6, 6.07) is -0.567. The molecule has 0 radical (unpaired) electrons. The molecule has 1 saturated heterocycles. The third-order valence-corrected chi connectivity index (χ3v) is 2.47. The van der Waals surface area contributed by atoms with Gasteiger partial charge >= 0.3 is 12.1 Å². The Kier molecular flexibility index (Phi) is 6.06. The lowest BCUT2D eigenvalue weighted by atomic mass is 10.2. The summed E-state index contributed by atoms with van der Waals surface area (Å²) < 4.78 is 15.1. The molecule has 0 aliphatic carbocycles. The molecule has 2 atom stereocenters. The summed E-state index contributed by atoms with van der Waals surface area (Å²) in [4.78, 5) is 22.5. The zero-order valence-corrected chi connectivity index (χ0v) is 10.9. The van der Waals surface area contributed by atoms with Crippen molar-refractivity contribution < 1.29 is 23.8 Å². The lowest BCUT2D eigenvalue weighted by Gasteiger charge is -2.11. The number of nitrogens with zero attached hydrogens (tertiary/aromatic N) is 1. The van der Waals surface area contributed by atoms with Crippen LogP contribution in [0.5, 0.6) is 0 Å². The van der Waals surface area contributed by atoms with Crippen molar-refractivity contribution in [1.29, 1.82) is 0 Å². The Morgan fingerprint density at radius 2 is 2.18 bits per heavy atom. The first kappa shape index (κ1) is 14.6. The summed E-state index contributed by atoms with van der Waals surface area (Å²) >= 11 is 7.17. The minimum atomic E-state index is -0.940. The third kappa shape index (κ3) is 4.72. The number of nitrogens with one attached hydrogen (secondary N) is 1. The molecule has 1 amide bonds. The van der Waals surface area contributed by atoms with Gasteiger partial charge in [-0.3, -0.25) is 0 Å². The van der Waals surface area contributed by atoms with Gasteiger partial charge in [0.2, 0.25) is 0 Å². The van der Waals surface area contributed by atoms with E-state index in [0.717, 1.165) is 0 Å². The van der Waals surface area contributed by atoms with Crippen LogP contribution in [0.1, 0.15) is 6.42 Å². The van der Waals surface area contributed by atoms with Crippen LogP contribution in [0.15, 0.2) is 0 Å². The molecule has 1 N–H and O–H groups in total. The molecule has 1 rings (SSSR count). The Morgan fingerprint density at radius 1 is 1.47 bits per heavy atom. The molecule has 1 fully saturated rings. The molecule has 0 aromatic rings. The van der Waals surface area contributed by atoms with Gasteiger partial charge in [0.1, 0.15) is 12.8 Å². The van der Waals surface area contributed by atoms with Crippen LogP contribution in [0.3, 0.4) is 0 Å². The summed E-state index contributed by atoms with van der Waals surface area (Å²) in [5, 5.41) is 2.88. The fraction of sp³-hybridized carbons (Fsp3) is 0.750. The lowest BCUT2D eigenvalue weighted by Crippen LogP contribution is -2.34. The number of thiol groups is 2. The normalized spacial score (nSPS) is 23.5. The highest BCUT2D eigenvalue weighted by Crippen LogP contribution is 2.13. The zero-order valence-electron chi connectivity index (χ0n) is 9.16. The molecule has 17 heavy (non-hydrogen) atoms. The average Bonchev–Trinajstić information content (AvgIpc) is 2.74. The van der Waals surface area contributed by atoms with Crippen molar-refractivity contribution in [3.8, 4) is 0 Å². The molecule has 0 saturated carbocycles. The first-order valence-corrected chi connectivity index (χ1v) is 5.62. The standard InChI is InChI=1S/C8H14N2O5S2/c1-13-4-14-5-2-6(9-3-5)7(11)15-8(12)10(16)17/h5-6,9,16-17H,2-4H2,1H3/t5-,6+/m1/s1. The van der Waals surface area contributed by atoms with E-state index in [0.29, 0.717) is 16.7 Å². The number of hydrogen-bond donors (Lipinski definition) is 3. The van der Waals surface area contributed by atoms with E-state index in [9.17, 15) is 9.59 Å². The Labute approximate surface area is 110 Å². The number of esters is 1. The molecule has 1 aliphatic rings. The predicted octanol–water partition coefficient (Wildman–Crippen LogP) is -0.00780. The van der Waals surface area contributed by atoms with Gasteiger partial charge in [-0.15, -0.1) is 0 Å². The largest absolute Gasteiger partial charge is 0.437 e. The first-order valence-electron chi connectivity index (χ1n) is 4.82. The molecule has 0 unspecified atom stereocenters. The summed E-state index contributed by atoms with van der Waals surface area (Å²) in [5.41, 5.74) is 0. The second-order valence-corrected chi connectivity index (χ2v) is 4.48. The maximum Gasteiger partial charge on any atom is 0.437 e. The molecule has 1 heterocycles. The Bertz CT molecular complexity index is 289. The van der Waals surface area contributed by atoms with E-state index in [2.05, 4.69) is 35.7 Å². The number of rotatable bonds is 4. The van der Waals surface area contributed by atoms with Gasteiger partial charge in [0.05, 0.1) is 6.10 Å². The number of carbonyl (C=O) groups is 2. The van der Waals surface area contributed by atoms with Crippen molar-refractivity contribution in [2.75, 3.05) is 20.4 Å². The highest BCUT2D eigenvalue weighted by molar-refractivity contribution is 7.94. The maximum atomic E-state index is 11.5. The molecule has 1 aliphatic heterocycles. The van der Waals surface area contributed by atoms with E-state index >= 15 is 0 Å². The molecule has 0 spiro atoms. The summed E-state index contributed by atoms with van der Waals surface area (Å²) in [6.45, 7) is 0.664. The van der Waals surface area contributed by atoms with Gasteiger partial charge in [-0.2, -0.15) is 3.71 Å². The van der Waals surface area contributed by atoms with Crippen molar-refractivity contribution in [3.63, 3.8) is 0 Å². The fourth-order valence-corrected chi connectivity index (χ4v) is 1.45.